The van der Waals surface area contributed by atoms with Crippen molar-refractivity contribution < 1.29 is 9.59 Å². The van der Waals surface area contributed by atoms with Gasteiger partial charge in [0.2, 0.25) is 5.91 Å². The van der Waals surface area contributed by atoms with E-state index in [-0.39, 0.29) is 35.5 Å². The van der Waals surface area contributed by atoms with E-state index in [9.17, 15) is 9.59 Å². The lowest BCUT2D eigenvalue weighted by Gasteiger charge is -2.46. The molecule has 1 heterocycles. The van der Waals surface area contributed by atoms with Crippen molar-refractivity contribution in [1.29, 1.82) is 0 Å². The molecule has 2 aliphatic rings. The molecule has 2 aromatic rings. The van der Waals surface area contributed by atoms with E-state index in [0.29, 0.717) is 22.0 Å². The van der Waals surface area contributed by atoms with Crippen molar-refractivity contribution in [2.24, 2.45) is 11.3 Å². The van der Waals surface area contributed by atoms with Crippen LogP contribution in [0.15, 0.2) is 42.5 Å². The van der Waals surface area contributed by atoms with E-state index in [1.165, 1.54) is 5.56 Å². The first-order chi connectivity index (χ1) is 15.3. The second-order valence-electron chi connectivity index (χ2n) is 9.69. The molecule has 5 heteroatoms. The Kier molecular flexibility index (Phi) is 6.70. The number of nitrogens with one attached hydrogen (secondary N) is 1. The lowest BCUT2D eigenvalue weighted by Crippen LogP contribution is -2.42. The fourth-order valence-electron chi connectivity index (χ4n) is 5.99. The highest BCUT2D eigenvalue weighted by atomic mass is 35.5. The first kappa shape index (κ1) is 23.3. The first-order valence-corrected chi connectivity index (χ1v) is 12.4. The van der Waals surface area contributed by atoms with Gasteiger partial charge in [0.05, 0.1) is 5.41 Å². The number of hydrogen-bond donors (Lipinski definition) is 1. The standard InChI is InChI=1S/C27H31Cl2NO2/c1-4-5-6-23(31)18-9-12-20(22(29)15-18)21-13-14-27(3)25(16(2)30-26(27)32)24(21)17-7-10-19(28)11-8-17/h7-12,15-16,21,24-25H,4-6,13-14H2,1-3H3,(H,30,32)/t16-,21+,24+,25+,27-/m1/s1. The van der Waals surface area contributed by atoms with Crippen molar-refractivity contribution in [2.75, 3.05) is 0 Å². The van der Waals surface area contributed by atoms with Crippen molar-refractivity contribution in [3.63, 3.8) is 0 Å². The largest absolute Gasteiger partial charge is 0.353 e. The van der Waals surface area contributed by atoms with Gasteiger partial charge in [0.15, 0.2) is 5.78 Å². The Morgan fingerprint density at radius 3 is 2.53 bits per heavy atom. The zero-order chi connectivity index (χ0) is 23.0. The lowest BCUT2D eigenvalue weighted by molar-refractivity contribution is -0.129. The second-order valence-corrected chi connectivity index (χ2v) is 10.5. The molecular weight excluding hydrogens is 441 g/mol. The number of halogens is 2. The Balaban J connectivity index is 1.75. The SMILES string of the molecule is CCCCC(=O)c1ccc([C@@H]2CC[C@@]3(C)C(=O)N[C@H](C)[C@H]3[C@H]2c2ccc(Cl)cc2)c(Cl)c1. The van der Waals surface area contributed by atoms with E-state index in [0.717, 1.165) is 31.2 Å². The van der Waals surface area contributed by atoms with Crippen molar-refractivity contribution in [3.05, 3.63) is 69.2 Å². The quantitative estimate of drug-likeness (QED) is 0.453. The Bertz CT molecular complexity index is 1020. The van der Waals surface area contributed by atoms with E-state index in [1.54, 1.807) is 0 Å². The van der Waals surface area contributed by atoms with Crippen LogP contribution in [0, 0.1) is 11.3 Å². The topological polar surface area (TPSA) is 46.2 Å². The lowest BCUT2D eigenvalue weighted by atomic mass is 9.56. The molecular formula is C27H31Cl2NO2. The number of benzene rings is 2. The van der Waals surface area contributed by atoms with Gasteiger partial charge in [0.25, 0.3) is 0 Å². The Morgan fingerprint density at radius 2 is 1.88 bits per heavy atom. The third-order valence-electron chi connectivity index (χ3n) is 7.68. The van der Waals surface area contributed by atoms with Gasteiger partial charge in [-0.15, -0.1) is 0 Å². The monoisotopic (exact) mass is 471 g/mol. The Hall–Kier alpha value is -1.84. The number of unbranched alkanes of at least 4 members (excludes halogenated alkanes) is 1. The summed E-state index contributed by atoms with van der Waals surface area (Å²) < 4.78 is 0. The molecule has 1 amide bonds. The number of ketones is 1. The van der Waals surface area contributed by atoms with E-state index < -0.39 is 5.41 Å². The molecule has 1 saturated heterocycles. The van der Waals surface area contributed by atoms with E-state index >= 15 is 0 Å². The number of Topliss-reactive ketones (excluding diaryl/α,β-unsaturated/α-hetero) is 1. The van der Waals surface area contributed by atoms with Crippen LogP contribution in [0.4, 0.5) is 0 Å². The van der Waals surface area contributed by atoms with E-state index in [2.05, 4.69) is 38.2 Å². The van der Waals surface area contributed by atoms with E-state index in [4.69, 9.17) is 23.2 Å². The van der Waals surface area contributed by atoms with Crippen LogP contribution in [0.1, 0.15) is 86.2 Å². The van der Waals surface area contributed by atoms with Gasteiger partial charge in [-0.3, -0.25) is 9.59 Å². The molecule has 4 rings (SSSR count). The molecule has 0 radical (unpaired) electrons. The number of amides is 1. The summed E-state index contributed by atoms with van der Waals surface area (Å²) in [7, 11) is 0. The number of fused-ring (bicyclic) bond motifs is 1. The van der Waals surface area contributed by atoms with Crippen molar-refractivity contribution in [1.82, 2.24) is 5.32 Å². The molecule has 3 nitrogen and oxygen atoms in total. The fraction of sp³-hybridized carbons (Fsp3) is 0.481. The third kappa shape index (κ3) is 4.10. The average molecular weight is 472 g/mol. The molecule has 0 aromatic heterocycles. The smallest absolute Gasteiger partial charge is 0.226 e. The number of rotatable bonds is 6. The summed E-state index contributed by atoms with van der Waals surface area (Å²) in [6, 6.07) is 13.9. The van der Waals surface area contributed by atoms with E-state index in [1.807, 2.05) is 30.3 Å². The predicted octanol–water partition coefficient (Wildman–Crippen LogP) is 7.17. The summed E-state index contributed by atoms with van der Waals surface area (Å²) in [5, 5.41) is 4.54. The molecule has 1 aliphatic carbocycles. The predicted molar refractivity (Wildman–Crippen MR) is 131 cm³/mol. The first-order valence-electron chi connectivity index (χ1n) is 11.7. The van der Waals surface area contributed by atoms with Gasteiger partial charge in [-0.2, -0.15) is 0 Å². The summed E-state index contributed by atoms with van der Waals surface area (Å²) >= 11 is 13.0. The van der Waals surface area contributed by atoms with Crippen LogP contribution in [-0.2, 0) is 4.79 Å². The molecule has 1 saturated carbocycles. The molecule has 170 valence electrons. The molecule has 1 N–H and O–H groups in total. The van der Waals surface area contributed by atoms with Crippen LogP contribution < -0.4 is 5.32 Å². The fourth-order valence-corrected chi connectivity index (χ4v) is 6.44. The van der Waals surface area contributed by atoms with Crippen LogP contribution >= 0.6 is 23.2 Å². The highest BCUT2D eigenvalue weighted by Gasteiger charge is 2.57. The number of carbonyl (C=O) groups is 2. The zero-order valence-electron chi connectivity index (χ0n) is 19.0. The molecule has 32 heavy (non-hydrogen) atoms. The van der Waals surface area contributed by atoms with Crippen molar-refractivity contribution in [2.45, 2.75) is 70.8 Å². The van der Waals surface area contributed by atoms with Crippen LogP contribution in [-0.4, -0.2) is 17.7 Å². The molecule has 2 fully saturated rings. The molecule has 5 atom stereocenters. The minimum Gasteiger partial charge on any atom is -0.353 e. The minimum absolute atomic E-state index is 0.0737. The molecule has 0 unspecified atom stereocenters. The van der Waals surface area contributed by atoms with Crippen LogP contribution in [0.3, 0.4) is 0 Å². The zero-order valence-corrected chi connectivity index (χ0v) is 20.5. The third-order valence-corrected chi connectivity index (χ3v) is 8.26. The summed E-state index contributed by atoms with van der Waals surface area (Å²) in [6.07, 6.45) is 4.11. The van der Waals surface area contributed by atoms with Crippen molar-refractivity contribution in [3.8, 4) is 0 Å². The Morgan fingerprint density at radius 1 is 1.16 bits per heavy atom. The Labute approximate surface area is 200 Å². The van der Waals surface area contributed by atoms with Gasteiger partial charge in [0, 0.05) is 34.0 Å². The minimum atomic E-state index is -0.400. The van der Waals surface area contributed by atoms with Crippen molar-refractivity contribution >= 4 is 34.9 Å². The summed E-state index contributed by atoms with van der Waals surface area (Å²) in [4.78, 5) is 25.4. The summed E-state index contributed by atoms with van der Waals surface area (Å²) in [5.74, 6) is 0.730. The molecule has 2 aromatic carbocycles. The van der Waals surface area contributed by atoms with Gasteiger partial charge in [-0.25, -0.2) is 0 Å². The normalized spacial score (nSPS) is 29.5. The van der Waals surface area contributed by atoms with Crippen LogP contribution in [0.25, 0.3) is 0 Å². The maximum absolute atomic E-state index is 12.9. The average Bonchev–Trinajstić information content (AvgIpc) is 3.00. The van der Waals surface area contributed by atoms with Crippen LogP contribution in [0.2, 0.25) is 10.0 Å². The molecule has 0 bridgehead atoms. The highest BCUT2D eigenvalue weighted by Crippen LogP contribution is 2.59. The van der Waals surface area contributed by atoms with Gasteiger partial charge < -0.3 is 5.32 Å². The van der Waals surface area contributed by atoms with Gasteiger partial charge >= 0.3 is 0 Å². The molecule has 0 spiro atoms. The maximum atomic E-state index is 12.9. The molecule has 1 aliphatic heterocycles. The number of carbonyl (C=O) groups excluding carboxylic acids is 2. The van der Waals surface area contributed by atoms with Gasteiger partial charge in [-0.1, -0.05) is 67.7 Å². The second kappa shape index (κ2) is 9.19. The maximum Gasteiger partial charge on any atom is 0.226 e. The highest BCUT2D eigenvalue weighted by molar-refractivity contribution is 6.32. The van der Waals surface area contributed by atoms with Gasteiger partial charge in [-0.05, 0) is 67.3 Å². The summed E-state index contributed by atoms with van der Waals surface area (Å²) in [5.41, 5.74) is 2.52. The van der Waals surface area contributed by atoms with Gasteiger partial charge in [0.1, 0.15) is 0 Å². The number of hydrogen-bond acceptors (Lipinski definition) is 2. The summed E-state index contributed by atoms with van der Waals surface area (Å²) in [6.45, 7) is 6.30. The van der Waals surface area contributed by atoms with Crippen LogP contribution in [0.5, 0.6) is 0 Å².